The molecule has 5 heteroatoms. The number of rotatable bonds is 6. The van der Waals surface area contributed by atoms with Gasteiger partial charge < -0.3 is 15.8 Å². The minimum absolute atomic E-state index is 0.200. The number of benzene rings is 1. The second-order valence-corrected chi connectivity index (χ2v) is 4.91. The van der Waals surface area contributed by atoms with Crippen molar-refractivity contribution in [1.82, 2.24) is 5.32 Å². The maximum absolute atomic E-state index is 13.1. The van der Waals surface area contributed by atoms with Crippen LogP contribution in [0.5, 0.6) is 5.75 Å². The first-order chi connectivity index (χ1) is 8.93. The van der Waals surface area contributed by atoms with Crippen molar-refractivity contribution in [2.75, 3.05) is 7.11 Å². The SMILES string of the molecule is COc1ccc(F)cc1CNC(=O)C(N)CC(C)C. The Morgan fingerprint density at radius 2 is 2.16 bits per heavy atom. The van der Waals surface area contributed by atoms with E-state index < -0.39 is 6.04 Å². The number of methoxy groups -OCH3 is 1. The maximum Gasteiger partial charge on any atom is 0.237 e. The highest BCUT2D eigenvalue weighted by Gasteiger charge is 2.15. The number of ether oxygens (including phenoxy) is 1. The highest BCUT2D eigenvalue weighted by Crippen LogP contribution is 2.19. The lowest BCUT2D eigenvalue weighted by Gasteiger charge is -2.15. The molecule has 0 aliphatic carbocycles. The molecule has 0 saturated heterocycles. The summed E-state index contributed by atoms with van der Waals surface area (Å²) in [6.07, 6.45) is 0.617. The van der Waals surface area contributed by atoms with E-state index in [9.17, 15) is 9.18 Å². The van der Waals surface area contributed by atoms with Gasteiger partial charge in [-0.3, -0.25) is 4.79 Å². The van der Waals surface area contributed by atoms with Crippen LogP contribution in [0.25, 0.3) is 0 Å². The summed E-state index contributed by atoms with van der Waals surface area (Å²) in [6.45, 7) is 4.21. The van der Waals surface area contributed by atoms with E-state index >= 15 is 0 Å². The number of hydrogen-bond acceptors (Lipinski definition) is 3. The summed E-state index contributed by atoms with van der Waals surface area (Å²) < 4.78 is 18.3. The molecule has 0 bridgehead atoms. The molecule has 0 aromatic heterocycles. The third-order valence-electron chi connectivity index (χ3n) is 2.76. The quantitative estimate of drug-likeness (QED) is 0.827. The molecule has 0 heterocycles. The minimum atomic E-state index is -0.542. The second kappa shape index (κ2) is 7.09. The molecule has 0 saturated carbocycles. The minimum Gasteiger partial charge on any atom is -0.496 e. The van der Waals surface area contributed by atoms with E-state index in [0.717, 1.165) is 0 Å². The lowest BCUT2D eigenvalue weighted by Crippen LogP contribution is -2.41. The standard InChI is InChI=1S/C14H21FN2O2/c1-9(2)6-12(16)14(18)17-8-10-7-11(15)4-5-13(10)19-3/h4-5,7,9,12H,6,8,16H2,1-3H3,(H,17,18). The fraction of sp³-hybridized carbons (Fsp3) is 0.500. The zero-order valence-electron chi connectivity index (χ0n) is 11.6. The number of nitrogens with one attached hydrogen (secondary N) is 1. The Morgan fingerprint density at radius 3 is 2.74 bits per heavy atom. The highest BCUT2D eigenvalue weighted by molar-refractivity contribution is 5.81. The Bertz CT molecular complexity index is 435. The van der Waals surface area contributed by atoms with Crippen LogP contribution in [0.15, 0.2) is 18.2 Å². The van der Waals surface area contributed by atoms with E-state index in [-0.39, 0.29) is 18.3 Å². The van der Waals surface area contributed by atoms with Crippen molar-refractivity contribution >= 4 is 5.91 Å². The van der Waals surface area contributed by atoms with Crippen LogP contribution in [0.4, 0.5) is 4.39 Å². The third-order valence-corrected chi connectivity index (χ3v) is 2.76. The Labute approximate surface area is 113 Å². The molecule has 0 radical (unpaired) electrons. The van der Waals surface area contributed by atoms with Gasteiger partial charge in [-0.05, 0) is 30.5 Å². The smallest absolute Gasteiger partial charge is 0.237 e. The molecule has 1 amide bonds. The average Bonchev–Trinajstić information content (AvgIpc) is 2.35. The lowest BCUT2D eigenvalue weighted by atomic mass is 10.0. The predicted molar refractivity (Wildman–Crippen MR) is 72.2 cm³/mol. The zero-order chi connectivity index (χ0) is 14.4. The molecule has 1 rings (SSSR count). The lowest BCUT2D eigenvalue weighted by molar-refractivity contribution is -0.122. The van der Waals surface area contributed by atoms with Gasteiger partial charge in [0.1, 0.15) is 11.6 Å². The number of halogens is 1. The average molecular weight is 268 g/mol. The van der Waals surface area contributed by atoms with E-state index in [2.05, 4.69) is 5.32 Å². The van der Waals surface area contributed by atoms with Gasteiger partial charge in [0.15, 0.2) is 0 Å². The molecule has 1 aromatic carbocycles. The van der Waals surface area contributed by atoms with Gasteiger partial charge in [0.25, 0.3) is 0 Å². The van der Waals surface area contributed by atoms with Gasteiger partial charge in [-0.1, -0.05) is 13.8 Å². The summed E-state index contributed by atoms with van der Waals surface area (Å²) >= 11 is 0. The molecule has 106 valence electrons. The largest absolute Gasteiger partial charge is 0.496 e. The molecule has 1 atom stereocenters. The first-order valence-electron chi connectivity index (χ1n) is 6.29. The third kappa shape index (κ3) is 4.87. The Balaban J connectivity index is 2.61. The monoisotopic (exact) mass is 268 g/mol. The van der Waals surface area contributed by atoms with E-state index in [1.54, 1.807) is 0 Å². The topological polar surface area (TPSA) is 64.3 Å². The summed E-state index contributed by atoms with van der Waals surface area (Å²) in [5, 5.41) is 2.70. The summed E-state index contributed by atoms with van der Waals surface area (Å²) in [5.41, 5.74) is 6.36. The molecular weight excluding hydrogens is 247 g/mol. The van der Waals surface area contributed by atoms with Crippen molar-refractivity contribution < 1.29 is 13.9 Å². The van der Waals surface area contributed by atoms with Gasteiger partial charge >= 0.3 is 0 Å². The Morgan fingerprint density at radius 1 is 1.47 bits per heavy atom. The van der Waals surface area contributed by atoms with Crippen molar-refractivity contribution in [3.05, 3.63) is 29.6 Å². The maximum atomic E-state index is 13.1. The second-order valence-electron chi connectivity index (χ2n) is 4.91. The fourth-order valence-corrected chi connectivity index (χ4v) is 1.81. The van der Waals surface area contributed by atoms with Crippen LogP contribution >= 0.6 is 0 Å². The first kappa shape index (κ1) is 15.4. The number of nitrogens with two attached hydrogens (primary N) is 1. The molecule has 1 unspecified atom stereocenters. The number of carbonyl (C=O) groups is 1. The number of amides is 1. The van der Waals surface area contributed by atoms with Crippen molar-refractivity contribution in [2.45, 2.75) is 32.9 Å². The van der Waals surface area contributed by atoms with E-state index in [1.165, 1.54) is 25.3 Å². The predicted octanol–water partition coefficient (Wildman–Crippen LogP) is 1.82. The van der Waals surface area contributed by atoms with Crippen LogP contribution in [0.2, 0.25) is 0 Å². The molecule has 4 nitrogen and oxygen atoms in total. The van der Waals surface area contributed by atoms with Crippen LogP contribution < -0.4 is 15.8 Å². The Hall–Kier alpha value is -1.62. The van der Waals surface area contributed by atoms with Crippen LogP contribution in [-0.2, 0) is 11.3 Å². The van der Waals surface area contributed by atoms with Gasteiger partial charge in [0.05, 0.1) is 13.2 Å². The zero-order valence-corrected chi connectivity index (χ0v) is 11.6. The van der Waals surface area contributed by atoms with Gasteiger partial charge in [-0.2, -0.15) is 0 Å². The van der Waals surface area contributed by atoms with Gasteiger partial charge in [0.2, 0.25) is 5.91 Å². The molecule has 0 aliphatic rings. The van der Waals surface area contributed by atoms with Crippen LogP contribution in [0.1, 0.15) is 25.8 Å². The van der Waals surface area contributed by atoms with Crippen LogP contribution in [0.3, 0.4) is 0 Å². The molecule has 3 N–H and O–H groups in total. The number of hydrogen-bond donors (Lipinski definition) is 2. The van der Waals surface area contributed by atoms with Crippen LogP contribution in [-0.4, -0.2) is 19.1 Å². The highest BCUT2D eigenvalue weighted by atomic mass is 19.1. The van der Waals surface area contributed by atoms with Crippen LogP contribution in [0, 0.1) is 11.7 Å². The van der Waals surface area contributed by atoms with E-state index in [0.29, 0.717) is 23.7 Å². The molecular formula is C14H21FN2O2. The fourth-order valence-electron chi connectivity index (χ4n) is 1.81. The van der Waals surface area contributed by atoms with E-state index in [4.69, 9.17) is 10.5 Å². The molecule has 0 spiro atoms. The van der Waals surface area contributed by atoms with Gasteiger partial charge in [-0.15, -0.1) is 0 Å². The Kier molecular flexibility index (Phi) is 5.76. The van der Waals surface area contributed by atoms with Gasteiger partial charge in [-0.25, -0.2) is 4.39 Å². The summed E-state index contributed by atoms with van der Waals surface area (Å²) in [4.78, 5) is 11.8. The molecule has 19 heavy (non-hydrogen) atoms. The van der Waals surface area contributed by atoms with Crippen molar-refractivity contribution in [3.8, 4) is 5.75 Å². The number of carbonyl (C=O) groups excluding carboxylic acids is 1. The summed E-state index contributed by atoms with van der Waals surface area (Å²) in [7, 11) is 1.50. The van der Waals surface area contributed by atoms with Crippen molar-refractivity contribution in [1.29, 1.82) is 0 Å². The van der Waals surface area contributed by atoms with E-state index in [1.807, 2.05) is 13.8 Å². The molecule has 1 aromatic rings. The molecule has 0 fully saturated rings. The molecule has 0 aliphatic heterocycles. The van der Waals surface area contributed by atoms with Crippen molar-refractivity contribution in [3.63, 3.8) is 0 Å². The summed E-state index contributed by atoms with van der Waals surface area (Å²) in [6, 6.07) is 3.65. The normalized spacial score (nSPS) is 12.3. The van der Waals surface area contributed by atoms with Gasteiger partial charge in [0, 0.05) is 12.1 Å². The van der Waals surface area contributed by atoms with Crippen molar-refractivity contribution in [2.24, 2.45) is 11.7 Å². The first-order valence-corrected chi connectivity index (χ1v) is 6.29. The summed E-state index contributed by atoms with van der Waals surface area (Å²) in [5.74, 6) is 0.292.